The lowest BCUT2D eigenvalue weighted by atomic mass is 10.2. The molecule has 1 saturated heterocycles. The highest BCUT2D eigenvalue weighted by Gasteiger charge is 2.49. The van der Waals surface area contributed by atoms with Gasteiger partial charge in [-0.3, -0.25) is 9.59 Å². The molecule has 0 aromatic heterocycles. The van der Waals surface area contributed by atoms with Crippen molar-refractivity contribution in [3.05, 3.63) is 54.6 Å². The highest BCUT2D eigenvalue weighted by molar-refractivity contribution is 5.99. The number of nitrogens with zero attached hydrogens (tertiary/aromatic N) is 2. The summed E-state index contributed by atoms with van der Waals surface area (Å²) >= 11 is 0. The van der Waals surface area contributed by atoms with Crippen LogP contribution in [0.1, 0.15) is 6.42 Å². The van der Waals surface area contributed by atoms with Crippen LogP contribution in [0, 0.1) is 11.8 Å². The van der Waals surface area contributed by atoms with Gasteiger partial charge in [0.05, 0.1) is 18.9 Å². The molecule has 2 fully saturated rings. The van der Waals surface area contributed by atoms with Gasteiger partial charge in [0.1, 0.15) is 5.75 Å². The molecule has 1 aliphatic carbocycles. The minimum atomic E-state index is -0.202. The molecule has 28 heavy (non-hydrogen) atoms. The molecule has 4 rings (SSSR count). The van der Waals surface area contributed by atoms with Gasteiger partial charge in [-0.25, -0.2) is 0 Å². The van der Waals surface area contributed by atoms with Crippen molar-refractivity contribution >= 4 is 23.2 Å². The van der Waals surface area contributed by atoms with E-state index >= 15 is 0 Å². The normalized spacial score (nSPS) is 21.2. The third-order valence-corrected chi connectivity index (χ3v) is 5.51. The number of piperazine rings is 1. The second kappa shape index (κ2) is 7.92. The Morgan fingerprint density at radius 1 is 0.929 bits per heavy atom. The molecule has 1 N–H and O–H groups in total. The molecule has 6 nitrogen and oxygen atoms in total. The van der Waals surface area contributed by atoms with Gasteiger partial charge >= 0.3 is 0 Å². The predicted octanol–water partition coefficient (Wildman–Crippen LogP) is 2.62. The minimum Gasteiger partial charge on any atom is -0.497 e. The molecule has 0 bridgehead atoms. The molecule has 0 spiro atoms. The van der Waals surface area contributed by atoms with Crippen LogP contribution in [0.4, 0.5) is 11.4 Å². The van der Waals surface area contributed by atoms with Gasteiger partial charge in [-0.05, 0) is 42.8 Å². The highest BCUT2D eigenvalue weighted by Crippen LogP contribution is 2.41. The van der Waals surface area contributed by atoms with Crippen molar-refractivity contribution in [2.75, 3.05) is 43.5 Å². The summed E-state index contributed by atoms with van der Waals surface area (Å²) < 4.78 is 5.20. The predicted molar refractivity (Wildman–Crippen MR) is 108 cm³/mol. The molecule has 2 aromatic rings. The van der Waals surface area contributed by atoms with Crippen molar-refractivity contribution in [2.45, 2.75) is 6.42 Å². The fourth-order valence-corrected chi connectivity index (χ4v) is 3.73. The van der Waals surface area contributed by atoms with Crippen LogP contribution in [0.25, 0.3) is 0 Å². The number of carbonyl (C=O) groups excluding carboxylic acids is 2. The molecule has 6 heteroatoms. The SMILES string of the molecule is COc1ccc(N2CCN(C(=O)C3CC3C(=O)Nc3ccccc3)CC2)cc1. The highest BCUT2D eigenvalue weighted by atomic mass is 16.5. The first-order chi connectivity index (χ1) is 13.7. The maximum absolute atomic E-state index is 12.8. The van der Waals surface area contributed by atoms with Gasteiger partial charge in [-0.1, -0.05) is 18.2 Å². The van der Waals surface area contributed by atoms with Crippen molar-refractivity contribution < 1.29 is 14.3 Å². The lowest BCUT2D eigenvalue weighted by molar-refractivity contribution is -0.134. The number of rotatable bonds is 5. The Morgan fingerprint density at radius 3 is 2.25 bits per heavy atom. The number of nitrogens with one attached hydrogen (secondary N) is 1. The van der Waals surface area contributed by atoms with Crippen LogP contribution in [-0.2, 0) is 9.59 Å². The van der Waals surface area contributed by atoms with E-state index in [9.17, 15) is 9.59 Å². The average molecular weight is 379 g/mol. The number of carbonyl (C=O) groups is 2. The molecule has 2 unspecified atom stereocenters. The van der Waals surface area contributed by atoms with Crippen LogP contribution >= 0.6 is 0 Å². The molecule has 2 amide bonds. The molecule has 1 heterocycles. The summed E-state index contributed by atoms with van der Waals surface area (Å²) in [5.74, 6) is 0.527. The Morgan fingerprint density at radius 2 is 1.61 bits per heavy atom. The lowest BCUT2D eigenvalue weighted by Gasteiger charge is -2.36. The average Bonchev–Trinajstić information content (AvgIpc) is 3.55. The zero-order chi connectivity index (χ0) is 19.5. The van der Waals surface area contributed by atoms with Crippen LogP contribution in [0.5, 0.6) is 5.75 Å². The van der Waals surface area contributed by atoms with Crippen LogP contribution in [0.3, 0.4) is 0 Å². The van der Waals surface area contributed by atoms with E-state index in [1.165, 1.54) is 0 Å². The molecule has 146 valence electrons. The largest absolute Gasteiger partial charge is 0.497 e. The standard InChI is InChI=1S/C22H25N3O3/c1-28-18-9-7-17(8-10-18)24-11-13-25(14-12-24)22(27)20-15-19(20)21(26)23-16-5-3-2-4-6-16/h2-10,19-20H,11-15H2,1H3,(H,23,26). The number of amides is 2. The summed E-state index contributed by atoms with van der Waals surface area (Å²) in [6, 6.07) is 17.4. The summed E-state index contributed by atoms with van der Waals surface area (Å²) in [7, 11) is 1.66. The zero-order valence-corrected chi connectivity index (χ0v) is 16.0. The second-order valence-electron chi connectivity index (χ2n) is 7.31. The van der Waals surface area contributed by atoms with E-state index in [1.807, 2.05) is 59.5 Å². The van der Waals surface area contributed by atoms with Crippen LogP contribution in [0.2, 0.25) is 0 Å². The van der Waals surface area contributed by atoms with Gasteiger partial charge < -0.3 is 19.9 Å². The molecule has 1 saturated carbocycles. The van der Waals surface area contributed by atoms with E-state index in [1.54, 1.807) is 7.11 Å². The van der Waals surface area contributed by atoms with Gasteiger partial charge in [-0.2, -0.15) is 0 Å². The van der Waals surface area contributed by atoms with Gasteiger partial charge in [0.2, 0.25) is 11.8 Å². The summed E-state index contributed by atoms with van der Waals surface area (Å²) in [4.78, 5) is 29.3. The number of methoxy groups -OCH3 is 1. The second-order valence-corrected chi connectivity index (χ2v) is 7.31. The van der Waals surface area contributed by atoms with E-state index in [0.29, 0.717) is 19.5 Å². The Balaban J connectivity index is 1.27. The van der Waals surface area contributed by atoms with Crippen LogP contribution in [0.15, 0.2) is 54.6 Å². The number of hydrogen-bond acceptors (Lipinski definition) is 4. The Labute approximate surface area is 165 Å². The number of benzene rings is 2. The molecule has 2 aromatic carbocycles. The quantitative estimate of drug-likeness (QED) is 0.868. The van der Waals surface area contributed by atoms with E-state index in [-0.39, 0.29) is 23.7 Å². The third kappa shape index (κ3) is 3.96. The summed E-state index contributed by atoms with van der Waals surface area (Å²) in [5, 5.41) is 2.90. The molecular formula is C22H25N3O3. The monoisotopic (exact) mass is 379 g/mol. The van der Waals surface area contributed by atoms with Crippen LogP contribution in [-0.4, -0.2) is 50.0 Å². The molecule has 0 radical (unpaired) electrons. The first-order valence-corrected chi connectivity index (χ1v) is 9.69. The maximum atomic E-state index is 12.8. The van der Waals surface area contributed by atoms with Gasteiger partial charge in [0, 0.05) is 37.6 Å². The topological polar surface area (TPSA) is 61.9 Å². The van der Waals surface area contributed by atoms with Crippen molar-refractivity contribution in [3.8, 4) is 5.75 Å². The molecular weight excluding hydrogens is 354 g/mol. The Bertz CT molecular complexity index is 830. The fourth-order valence-electron chi connectivity index (χ4n) is 3.73. The number of ether oxygens (including phenoxy) is 1. The number of hydrogen-bond donors (Lipinski definition) is 1. The van der Waals surface area contributed by atoms with E-state index < -0.39 is 0 Å². The molecule has 1 aliphatic heterocycles. The molecule has 2 aliphatic rings. The Hall–Kier alpha value is -3.02. The zero-order valence-electron chi connectivity index (χ0n) is 16.0. The third-order valence-electron chi connectivity index (χ3n) is 5.51. The van der Waals surface area contributed by atoms with Gasteiger partial charge in [0.15, 0.2) is 0 Å². The van der Waals surface area contributed by atoms with Crippen molar-refractivity contribution in [2.24, 2.45) is 11.8 Å². The summed E-state index contributed by atoms with van der Waals surface area (Å²) in [5.41, 5.74) is 1.91. The van der Waals surface area contributed by atoms with Crippen molar-refractivity contribution in [1.82, 2.24) is 4.90 Å². The summed E-state index contributed by atoms with van der Waals surface area (Å²) in [6.07, 6.45) is 0.649. The first-order valence-electron chi connectivity index (χ1n) is 9.69. The van der Waals surface area contributed by atoms with Crippen LogP contribution < -0.4 is 15.0 Å². The number of anilines is 2. The van der Waals surface area contributed by atoms with E-state index in [4.69, 9.17) is 4.74 Å². The Kier molecular flexibility index (Phi) is 5.19. The lowest BCUT2D eigenvalue weighted by Crippen LogP contribution is -2.49. The van der Waals surface area contributed by atoms with Crippen molar-refractivity contribution in [1.29, 1.82) is 0 Å². The van der Waals surface area contributed by atoms with E-state index in [2.05, 4.69) is 10.2 Å². The first kappa shape index (κ1) is 18.3. The smallest absolute Gasteiger partial charge is 0.228 e. The van der Waals surface area contributed by atoms with E-state index in [0.717, 1.165) is 30.2 Å². The van der Waals surface area contributed by atoms with Gasteiger partial charge in [-0.15, -0.1) is 0 Å². The van der Waals surface area contributed by atoms with Gasteiger partial charge in [0.25, 0.3) is 0 Å². The minimum absolute atomic E-state index is 0.0542. The fraction of sp³-hybridized carbons (Fsp3) is 0.364. The number of para-hydroxylation sites is 1. The van der Waals surface area contributed by atoms with Crippen molar-refractivity contribution in [3.63, 3.8) is 0 Å². The summed E-state index contributed by atoms with van der Waals surface area (Å²) in [6.45, 7) is 2.97. The molecule has 2 atom stereocenters. The maximum Gasteiger partial charge on any atom is 0.228 e.